The normalized spacial score (nSPS) is 21.5. The fourth-order valence-electron chi connectivity index (χ4n) is 4.24. The molecule has 0 aliphatic carbocycles. The lowest BCUT2D eigenvalue weighted by Gasteiger charge is -2.39. The second-order valence-electron chi connectivity index (χ2n) is 7.89. The fraction of sp³-hybridized carbons (Fsp3) is 0.952. The second kappa shape index (κ2) is 15.6. The van der Waals surface area contributed by atoms with Crippen molar-refractivity contribution in [3.63, 3.8) is 0 Å². The van der Waals surface area contributed by atoms with Crippen molar-refractivity contribution in [2.45, 2.75) is 52.6 Å². The predicted octanol–water partition coefficient (Wildman–Crippen LogP) is 2.02. The van der Waals surface area contributed by atoms with Crippen LogP contribution in [0.3, 0.4) is 0 Å². The van der Waals surface area contributed by atoms with E-state index in [4.69, 9.17) is 14.5 Å². The van der Waals surface area contributed by atoms with Gasteiger partial charge in [-0.25, -0.2) is 0 Å². The van der Waals surface area contributed by atoms with Crippen molar-refractivity contribution in [3.05, 3.63) is 0 Å². The molecule has 2 unspecified atom stereocenters. The van der Waals surface area contributed by atoms with Crippen molar-refractivity contribution in [2.75, 3.05) is 72.2 Å². The van der Waals surface area contributed by atoms with Gasteiger partial charge in [0, 0.05) is 51.4 Å². The molecule has 2 rings (SSSR count). The van der Waals surface area contributed by atoms with Gasteiger partial charge in [-0.15, -0.1) is 24.0 Å². The van der Waals surface area contributed by atoms with Gasteiger partial charge in [0.15, 0.2) is 5.96 Å². The topological polar surface area (TPSA) is 61.4 Å². The van der Waals surface area contributed by atoms with Gasteiger partial charge in [-0.1, -0.05) is 26.7 Å². The smallest absolute Gasteiger partial charge is 0.191 e. The zero-order chi connectivity index (χ0) is 20.2. The molecule has 0 amide bonds. The van der Waals surface area contributed by atoms with Crippen LogP contribution in [-0.2, 0) is 9.47 Å². The van der Waals surface area contributed by atoms with Gasteiger partial charge in [-0.05, 0) is 19.8 Å². The van der Waals surface area contributed by atoms with Crippen LogP contribution in [0.2, 0.25) is 0 Å². The van der Waals surface area contributed by atoms with E-state index in [1.165, 1.54) is 12.8 Å². The first-order valence-corrected chi connectivity index (χ1v) is 11.3. The molecule has 2 atom stereocenters. The number of morpholine rings is 2. The largest absolute Gasteiger partial charge is 0.379 e. The Morgan fingerprint density at radius 2 is 1.45 bits per heavy atom. The first-order chi connectivity index (χ1) is 13.7. The van der Waals surface area contributed by atoms with Crippen LogP contribution in [0.15, 0.2) is 4.99 Å². The van der Waals surface area contributed by atoms with Crippen LogP contribution in [0.5, 0.6) is 0 Å². The molecule has 2 aliphatic heterocycles. The fourth-order valence-corrected chi connectivity index (χ4v) is 4.24. The Balaban J connectivity index is 0.00000420. The second-order valence-corrected chi connectivity index (χ2v) is 7.89. The Kier molecular flexibility index (Phi) is 14.5. The van der Waals surface area contributed by atoms with Crippen molar-refractivity contribution in [1.82, 2.24) is 20.4 Å². The summed E-state index contributed by atoms with van der Waals surface area (Å²) in [5.41, 5.74) is 0. The zero-order valence-corrected chi connectivity index (χ0v) is 21.3. The third-order valence-electron chi connectivity index (χ3n) is 6.11. The molecule has 2 fully saturated rings. The molecule has 0 aromatic carbocycles. The highest BCUT2D eigenvalue weighted by Crippen LogP contribution is 2.19. The van der Waals surface area contributed by atoms with E-state index in [1.54, 1.807) is 0 Å². The Labute approximate surface area is 195 Å². The lowest BCUT2D eigenvalue weighted by Crippen LogP contribution is -2.53. The number of nitrogens with zero attached hydrogens (tertiary/aromatic N) is 3. The van der Waals surface area contributed by atoms with E-state index in [9.17, 15) is 0 Å². The van der Waals surface area contributed by atoms with Crippen molar-refractivity contribution in [1.29, 1.82) is 0 Å². The zero-order valence-electron chi connectivity index (χ0n) is 19.0. The molecule has 0 spiro atoms. The van der Waals surface area contributed by atoms with Crippen LogP contribution in [0.1, 0.15) is 40.5 Å². The molecule has 0 radical (unpaired) electrons. The van der Waals surface area contributed by atoms with Gasteiger partial charge in [0.1, 0.15) is 0 Å². The Bertz CT molecular complexity index is 439. The highest BCUT2D eigenvalue weighted by molar-refractivity contribution is 14.0. The summed E-state index contributed by atoms with van der Waals surface area (Å²) < 4.78 is 11.0. The maximum absolute atomic E-state index is 5.57. The van der Waals surface area contributed by atoms with Crippen LogP contribution in [0, 0.1) is 5.92 Å². The monoisotopic (exact) mass is 525 g/mol. The highest BCUT2D eigenvalue weighted by Gasteiger charge is 2.27. The van der Waals surface area contributed by atoms with Crippen molar-refractivity contribution >= 4 is 29.9 Å². The van der Waals surface area contributed by atoms with Gasteiger partial charge >= 0.3 is 0 Å². The maximum atomic E-state index is 5.57. The molecule has 172 valence electrons. The van der Waals surface area contributed by atoms with Gasteiger partial charge < -0.3 is 20.1 Å². The van der Waals surface area contributed by atoms with Gasteiger partial charge in [0.25, 0.3) is 0 Å². The van der Waals surface area contributed by atoms with Crippen LogP contribution in [-0.4, -0.2) is 100 Å². The summed E-state index contributed by atoms with van der Waals surface area (Å²) >= 11 is 0. The molecule has 2 heterocycles. The standard InChI is InChI=1S/C21H43N5O2.HI/c1-5-19(6-2)20(26-10-14-28-15-11-26)17-24-21(22-7-3)23-16-18(4)25-8-12-27-13-9-25;/h18-20H,5-17H2,1-4H3,(H2,22,23,24);1H. The van der Waals surface area contributed by atoms with Crippen LogP contribution in [0.4, 0.5) is 0 Å². The Morgan fingerprint density at radius 3 is 1.97 bits per heavy atom. The van der Waals surface area contributed by atoms with Gasteiger partial charge in [-0.3, -0.25) is 14.8 Å². The first-order valence-electron chi connectivity index (χ1n) is 11.3. The molecular formula is C21H44IN5O2. The molecule has 0 aromatic heterocycles. The third-order valence-corrected chi connectivity index (χ3v) is 6.11. The van der Waals surface area contributed by atoms with E-state index in [-0.39, 0.29) is 24.0 Å². The molecule has 29 heavy (non-hydrogen) atoms. The minimum absolute atomic E-state index is 0. The number of guanidine groups is 1. The van der Waals surface area contributed by atoms with Gasteiger partial charge in [-0.2, -0.15) is 0 Å². The van der Waals surface area contributed by atoms with E-state index >= 15 is 0 Å². The molecule has 8 heteroatoms. The summed E-state index contributed by atoms with van der Waals surface area (Å²) in [4.78, 5) is 9.96. The van der Waals surface area contributed by atoms with E-state index in [2.05, 4.69) is 48.1 Å². The van der Waals surface area contributed by atoms with Crippen molar-refractivity contribution < 1.29 is 9.47 Å². The number of nitrogens with one attached hydrogen (secondary N) is 2. The number of halogens is 1. The maximum Gasteiger partial charge on any atom is 0.191 e. The Morgan fingerprint density at radius 1 is 0.897 bits per heavy atom. The van der Waals surface area contributed by atoms with Crippen LogP contribution < -0.4 is 10.6 Å². The summed E-state index contributed by atoms with van der Waals surface area (Å²) in [5, 5.41) is 7.07. The average molecular weight is 526 g/mol. The molecule has 0 bridgehead atoms. The SMILES string of the molecule is CCNC(=NCC(C)N1CCOCC1)NCC(C(CC)CC)N1CCOCC1.I. The number of hydrogen-bond donors (Lipinski definition) is 2. The van der Waals surface area contributed by atoms with E-state index < -0.39 is 0 Å². The summed E-state index contributed by atoms with van der Waals surface area (Å²) in [6, 6.07) is 0.966. The molecule has 0 aromatic rings. The molecule has 0 saturated carbocycles. The third kappa shape index (κ3) is 9.25. The number of hydrogen-bond acceptors (Lipinski definition) is 5. The van der Waals surface area contributed by atoms with Gasteiger partial charge in [0.05, 0.1) is 33.0 Å². The summed E-state index contributed by atoms with van der Waals surface area (Å²) in [6.45, 7) is 19.1. The van der Waals surface area contributed by atoms with Crippen molar-refractivity contribution in [3.8, 4) is 0 Å². The lowest BCUT2D eigenvalue weighted by molar-refractivity contribution is 0.00271. The quantitative estimate of drug-likeness (QED) is 0.259. The van der Waals surface area contributed by atoms with Crippen LogP contribution >= 0.6 is 24.0 Å². The van der Waals surface area contributed by atoms with Crippen molar-refractivity contribution in [2.24, 2.45) is 10.9 Å². The first kappa shape index (κ1) is 26.9. The minimum atomic E-state index is 0. The molecular weight excluding hydrogens is 481 g/mol. The molecule has 2 aliphatic rings. The summed E-state index contributed by atoms with van der Waals surface area (Å²) in [5.74, 6) is 1.63. The molecule has 2 saturated heterocycles. The molecule has 7 nitrogen and oxygen atoms in total. The molecule has 2 N–H and O–H groups in total. The average Bonchev–Trinajstić information content (AvgIpc) is 2.75. The Hall–Kier alpha value is -0.160. The lowest BCUT2D eigenvalue weighted by atomic mass is 9.92. The predicted molar refractivity (Wildman–Crippen MR) is 132 cm³/mol. The summed E-state index contributed by atoms with van der Waals surface area (Å²) in [7, 11) is 0. The number of rotatable bonds is 10. The van der Waals surface area contributed by atoms with E-state index in [1.807, 2.05) is 0 Å². The van der Waals surface area contributed by atoms with E-state index in [0.29, 0.717) is 18.0 Å². The minimum Gasteiger partial charge on any atom is -0.379 e. The number of ether oxygens (including phenoxy) is 2. The highest BCUT2D eigenvalue weighted by atomic mass is 127. The summed E-state index contributed by atoms with van der Waals surface area (Å²) in [6.07, 6.45) is 2.42. The van der Waals surface area contributed by atoms with Gasteiger partial charge in [0.2, 0.25) is 0 Å². The van der Waals surface area contributed by atoms with Crippen LogP contribution in [0.25, 0.3) is 0 Å². The number of aliphatic imine (C=N–C) groups is 1. The van der Waals surface area contributed by atoms with E-state index in [0.717, 1.165) is 78.2 Å².